The van der Waals surface area contributed by atoms with Crippen LogP contribution in [0.25, 0.3) is 0 Å². The van der Waals surface area contributed by atoms with Gasteiger partial charge in [0.25, 0.3) is 0 Å². The zero-order valence-electron chi connectivity index (χ0n) is 11.2. The molecule has 1 fully saturated rings. The predicted molar refractivity (Wildman–Crippen MR) is 73.3 cm³/mol. The molecule has 0 amide bonds. The summed E-state index contributed by atoms with van der Waals surface area (Å²) in [5.41, 5.74) is 4.26. The van der Waals surface area contributed by atoms with E-state index in [-0.39, 0.29) is 0 Å². The quantitative estimate of drug-likeness (QED) is 0.837. The first kappa shape index (κ1) is 12.6. The number of rotatable bonds is 3. The molecule has 1 atom stereocenters. The molecular weight excluding hydrogens is 208 g/mol. The highest BCUT2D eigenvalue weighted by Gasteiger charge is 2.24. The summed E-state index contributed by atoms with van der Waals surface area (Å²) in [7, 11) is 2.09. The highest BCUT2D eigenvalue weighted by molar-refractivity contribution is 5.33. The Balaban J connectivity index is 2.24. The fourth-order valence-electron chi connectivity index (χ4n) is 2.92. The number of aryl methyl sites for hydroxylation is 2. The Morgan fingerprint density at radius 2 is 1.94 bits per heavy atom. The van der Waals surface area contributed by atoms with Crippen molar-refractivity contribution < 1.29 is 0 Å². The lowest BCUT2D eigenvalue weighted by Gasteiger charge is -2.32. The van der Waals surface area contributed by atoms with Crippen molar-refractivity contribution in [3.63, 3.8) is 0 Å². The molecule has 0 saturated carbocycles. The number of piperidine rings is 1. The third kappa shape index (κ3) is 2.88. The Morgan fingerprint density at radius 1 is 1.24 bits per heavy atom. The lowest BCUT2D eigenvalue weighted by molar-refractivity contribution is 0.293. The van der Waals surface area contributed by atoms with E-state index in [9.17, 15) is 0 Å². The molecule has 0 aromatic heterocycles. The summed E-state index contributed by atoms with van der Waals surface area (Å²) < 4.78 is 0. The molecule has 2 nitrogen and oxygen atoms in total. The highest BCUT2D eigenvalue weighted by Crippen LogP contribution is 2.30. The van der Waals surface area contributed by atoms with Gasteiger partial charge in [-0.1, -0.05) is 23.8 Å². The normalized spacial score (nSPS) is 19.2. The molecule has 1 saturated heterocycles. The first-order valence-electron chi connectivity index (χ1n) is 6.67. The topological polar surface area (TPSA) is 24.1 Å². The van der Waals surface area contributed by atoms with Gasteiger partial charge in [-0.3, -0.25) is 0 Å². The number of hydrogen-bond donors (Lipinski definition) is 2. The molecule has 1 aromatic carbocycles. The van der Waals surface area contributed by atoms with E-state index in [1.165, 1.54) is 29.5 Å². The van der Waals surface area contributed by atoms with Crippen molar-refractivity contribution in [2.24, 2.45) is 5.92 Å². The van der Waals surface area contributed by atoms with Crippen LogP contribution in [0.5, 0.6) is 0 Å². The van der Waals surface area contributed by atoms with Gasteiger partial charge in [0.15, 0.2) is 0 Å². The van der Waals surface area contributed by atoms with E-state index < -0.39 is 0 Å². The van der Waals surface area contributed by atoms with Crippen LogP contribution in [0.3, 0.4) is 0 Å². The van der Waals surface area contributed by atoms with E-state index in [2.05, 4.69) is 49.7 Å². The Hall–Kier alpha value is -0.860. The van der Waals surface area contributed by atoms with Gasteiger partial charge in [0.2, 0.25) is 0 Å². The zero-order chi connectivity index (χ0) is 12.3. The van der Waals surface area contributed by atoms with Crippen LogP contribution in [0.4, 0.5) is 0 Å². The minimum atomic E-state index is 0.511. The van der Waals surface area contributed by atoms with E-state index in [0.29, 0.717) is 6.04 Å². The first-order valence-corrected chi connectivity index (χ1v) is 6.67. The van der Waals surface area contributed by atoms with Crippen LogP contribution >= 0.6 is 0 Å². The van der Waals surface area contributed by atoms with Gasteiger partial charge in [-0.25, -0.2) is 0 Å². The van der Waals surface area contributed by atoms with Gasteiger partial charge >= 0.3 is 0 Å². The van der Waals surface area contributed by atoms with Crippen LogP contribution in [0.2, 0.25) is 0 Å². The minimum absolute atomic E-state index is 0.511. The van der Waals surface area contributed by atoms with Crippen LogP contribution in [0, 0.1) is 19.8 Å². The molecule has 1 aliphatic heterocycles. The Bertz CT molecular complexity index is 367. The molecule has 1 unspecified atom stereocenters. The van der Waals surface area contributed by atoms with E-state index >= 15 is 0 Å². The molecule has 0 radical (unpaired) electrons. The maximum Gasteiger partial charge on any atom is 0.0349 e. The van der Waals surface area contributed by atoms with Gasteiger partial charge in [-0.05, 0) is 63.9 Å². The van der Waals surface area contributed by atoms with Crippen LogP contribution in [0.15, 0.2) is 18.2 Å². The van der Waals surface area contributed by atoms with Crippen molar-refractivity contribution >= 4 is 0 Å². The number of nitrogens with one attached hydrogen (secondary N) is 2. The molecule has 0 bridgehead atoms. The van der Waals surface area contributed by atoms with Gasteiger partial charge < -0.3 is 10.6 Å². The van der Waals surface area contributed by atoms with Crippen LogP contribution in [-0.4, -0.2) is 20.1 Å². The summed E-state index contributed by atoms with van der Waals surface area (Å²) in [6, 6.07) is 7.31. The second-order valence-corrected chi connectivity index (χ2v) is 5.21. The summed E-state index contributed by atoms with van der Waals surface area (Å²) >= 11 is 0. The zero-order valence-corrected chi connectivity index (χ0v) is 11.2. The first-order chi connectivity index (χ1) is 8.22. The lowest BCUT2D eigenvalue weighted by atomic mass is 9.84. The summed E-state index contributed by atoms with van der Waals surface area (Å²) in [6.07, 6.45) is 2.55. The molecule has 2 N–H and O–H groups in total. The van der Waals surface area contributed by atoms with Gasteiger partial charge in [-0.2, -0.15) is 0 Å². The summed E-state index contributed by atoms with van der Waals surface area (Å²) in [5.74, 6) is 0.766. The molecule has 1 aliphatic rings. The highest BCUT2D eigenvalue weighted by atomic mass is 14.9. The van der Waals surface area contributed by atoms with Gasteiger partial charge in [-0.15, -0.1) is 0 Å². The summed E-state index contributed by atoms with van der Waals surface area (Å²) in [6.45, 7) is 6.72. The fraction of sp³-hybridized carbons (Fsp3) is 0.600. The van der Waals surface area contributed by atoms with Crippen LogP contribution in [-0.2, 0) is 0 Å². The monoisotopic (exact) mass is 232 g/mol. The molecule has 1 heterocycles. The molecular formula is C15H24N2. The molecule has 2 rings (SSSR count). The lowest BCUT2D eigenvalue weighted by Crippen LogP contribution is -2.35. The molecule has 1 aromatic rings. The van der Waals surface area contributed by atoms with Gasteiger partial charge in [0, 0.05) is 6.04 Å². The van der Waals surface area contributed by atoms with Crippen molar-refractivity contribution in [3.05, 3.63) is 34.9 Å². The summed E-state index contributed by atoms with van der Waals surface area (Å²) in [5, 5.41) is 6.97. The number of hydrogen-bond acceptors (Lipinski definition) is 2. The van der Waals surface area contributed by atoms with E-state index in [0.717, 1.165) is 19.0 Å². The Labute approximate surface area is 105 Å². The molecule has 0 spiro atoms. The Morgan fingerprint density at radius 3 is 2.59 bits per heavy atom. The van der Waals surface area contributed by atoms with Crippen LogP contribution < -0.4 is 10.6 Å². The second kappa shape index (κ2) is 5.65. The van der Waals surface area contributed by atoms with Crippen molar-refractivity contribution in [1.29, 1.82) is 0 Å². The van der Waals surface area contributed by atoms with Gasteiger partial charge in [0.1, 0.15) is 0 Å². The van der Waals surface area contributed by atoms with Crippen molar-refractivity contribution in [3.8, 4) is 0 Å². The average molecular weight is 232 g/mol. The van der Waals surface area contributed by atoms with Crippen LogP contribution in [0.1, 0.15) is 35.6 Å². The maximum atomic E-state index is 3.53. The van der Waals surface area contributed by atoms with Crippen molar-refractivity contribution in [2.45, 2.75) is 32.7 Å². The SMILES string of the molecule is CNC(c1cc(C)ccc1C)C1CCNCC1. The molecule has 17 heavy (non-hydrogen) atoms. The fourth-order valence-corrected chi connectivity index (χ4v) is 2.92. The summed E-state index contributed by atoms with van der Waals surface area (Å²) in [4.78, 5) is 0. The average Bonchev–Trinajstić information content (AvgIpc) is 2.36. The van der Waals surface area contributed by atoms with E-state index in [4.69, 9.17) is 0 Å². The molecule has 0 aliphatic carbocycles. The third-order valence-electron chi connectivity index (χ3n) is 3.94. The number of benzene rings is 1. The second-order valence-electron chi connectivity index (χ2n) is 5.21. The largest absolute Gasteiger partial charge is 0.317 e. The minimum Gasteiger partial charge on any atom is -0.317 e. The molecule has 2 heteroatoms. The van der Waals surface area contributed by atoms with E-state index in [1.807, 2.05) is 0 Å². The predicted octanol–water partition coefficient (Wildman–Crippen LogP) is 2.56. The molecule has 94 valence electrons. The van der Waals surface area contributed by atoms with Gasteiger partial charge in [0.05, 0.1) is 0 Å². The standard InChI is InChI=1S/C15H24N2/c1-11-4-5-12(2)14(10-11)15(16-3)13-6-8-17-9-7-13/h4-5,10,13,15-17H,6-9H2,1-3H3. The maximum absolute atomic E-state index is 3.53. The van der Waals surface area contributed by atoms with Crippen molar-refractivity contribution in [2.75, 3.05) is 20.1 Å². The van der Waals surface area contributed by atoms with E-state index in [1.54, 1.807) is 0 Å². The third-order valence-corrected chi connectivity index (χ3v) is 3.94. The van der Waals surface area contributed by atoms with Crippen molar-refractivity contribution in [1.82, 2.24) is 10.6 Å². The Kier molecular flexibility index (Phi) is 4.19. The smallest absolute Gasteiger partial charge is 0.0349 e.